The van der Waals surface area contributed by atoms with Crippen molar-refractivity contribution in [2.24, 2.45) is 0 Å². The van der Waals surface area contributed by atoms with Gasteiger partial charge in [-0.25, -0.2) is 0 Å². The van der Waals surface area contributed by atoms with Crippen LogP contribution in [0.3, 0.4) is 0 Å². The highest BCUT2D eigenvalue weighted by Crippen LogP contribution is 2.28. The van der Waals surface area contributed by atoms with Crippen LogP contribution in [-0.2, 0) is 4.79 Å². The summed E-state index contributed by atoms with van der Waals surface area (Å²) in [6.45, 7) is 8.78. The Bertz CT molecular complexity index is 740. The van der Waals surface area contributed by atoms with E-state index in [2.05, 4.69) is 31.3 Å². The summed E-state index contributed by atoms with van der Waals surface area (Å²) >= 11 is 0. The first-order valence-electron chi connectivity index (χ1n) is 9.22. The molecular weight excluding hydrogens is 342 g/mol. The molecule has 1 N–H and O–H groups in total. The second-order valence-electron chi connectivity index (χ2n) is 6.77. The van der Waals surface area contributed by atoms with Crippen LogP contribution in [0.5, 0.6) is 17.2 Å². The summed E-state index contributed by atoms with van der Waals surface area (Å²) in [6.07, 6.45) is -0.578. The molecule has 0 spiro atoms. The summed E-state index contributed by atoms with van der Waals surface area (Å²) in [5.74, 6) is 2.44. The predicted octanol–water partition coefficient (Wildman–Crippen LogP) is 4.09. The van der Waals surface area contributed by atoms with Crippen molar-refractivity contribution in [2.45, 2.75) is 39.7 Å². The number of methoxy groups -OCH3 is 1. The Morgan fingerprint density at radius 3 is 2.33 bits per heavy atom. The van der Waals surface area contributed by atoms with Crippen LogP contribution >= 0.6 is 0 Å². The molecule has 0 aliphatic carbocycles. The zero-order valence-corrected chi connectivity index (χ0v) is 16.7. The normalized spacial score (nSPS) is 11.8. The molecule has 0 fully saturated rings. The van der Waals surface area contributed by atoms with E-state index in [0.29, 0.717) is 19.1 Å². The van der Waals surface area contributed by atoms with Crippen molar-refractivity contribution in [3.63, 3.8) is 0 Å². The van der Waals surface area contributed by atoms with Crippen molar-refractivity contribution >= 4 is 5.91 Å². The first-order chi connectivity index (χ1) is 12.9. The van der Waals surface area contributed by atoms with Crippen LogP contribution in [0.15, 0.2) is 42.5 Å². The minimum atomic E-state index is -0.578. The number of rotatable bonds is 9. The number of hydrogen-bond donors (Lipinski definition) is 1. The summed E-state index contributed by atoms with van der Waals surface area (Å²) in [6, 6.07) is 13.4. The molecule has 5 nitrogen and oxygen atoms in total. The fraction of sp³-hybridized carbons (Fsp3) is 0.409. The third-order valence-electron chi connectivity index (χ3n) is 4.19. The molecule has 0 aliphatic heterocycles. The highest BCUT2D eigenvalue weighted by Gasteiger charge is 2.17. The van der Waals surface area contributed by atoms with E-state index in [9.17, 15) is 4.79 Å². The van der Waals surface area contributed by atoms with Gasteiger partial charge in [-0.05, 0) is 61.2 Å². The molecule has 2 aromatic rings. The van der Waals surface area contributed by atoms with Gasteiger partial charge in [0.1, 0.15) is 23.9 Å². The first kappa shape index (κ1) is 20.6. The molecule has 27 heavy (non-hydrogen) atoms. The number of carbonyl (C=O) groups is 1. The molecular formula is C22H29NO4. The monoisotopic (exact) mass is 371 g/mol. The summed E-state index contributed by atoms with van der Waals surface area (Å²) in [5.41, 5.74) is 2.21. The molecule has 5 heteroatoms. The lowest BCUT2D eigenvalue weighted by Crippen LogP contribution is -2.38. The van der Waals surface area contributed by atoms with E-state index in [-0.39, 0.29) is 5.91 Å². The molecule has 1 atom stereocenters. The maximum atomic E-state index is 12.3. The predicted molar refractivity (Wildman–Crippen MR) is 107 cm³/mol. The van der Waals surface area contributed by atoms with Gasteiger partial charge in [0.2, 0.25) is 0 Å². The van der Waals surface area contributed by atoms with Gasteiger partial charge in [0.25, 0.3) is 5.91 Å². The van der Waals surface area contributed by atoms with Crippen LogP contribution in [0.1, 0.15) is 37.8 Å². The minimum absolute atomic E-state index is 0.162. The van der Waals surface area contributed by atoms with E-state index in [1.54, 1.807) is 14.0 Å². The van der Waals surface area contributed by atoms with Gasteiger partial charge in [-0.15, -0.1) is 0 Å². The van der Waals surface area contributed by atoms with Gasteiger partial charge < -0.3 is 19.5 Å². The van der Waals surface area contributed by atoms with E-state index in [1.807, 2.05) is 37.3 Å². The Labute approximate surface area is 161 Å². The lowest BCUT2D eigenvalue weighted by molar-refractivity contribution is -0.127. The van der Waals surface area contributed by atoms with Crippen LogP contribution in [0.2, 0.25) is 0 Å². The zero-order chi connectivity index (χ0) is 19.8. The number of ether oxygens (including phenoxy) is 3. The molecule has 0 saturated carbocycles. The quantitative estimate of drug-likeness (QED) is 0.675. The molecule has 2 aromatic carbocycles. The SMILES string of the molecule is COc1ccc(OCCNC(=O)C(C)Oc2cc(C)ccc2C(C)C)cc1. The molecule has 0 aromatic heterocycles. The second kappa shape index (κ2) is 9.86. The summed E-state index contributed by atoms with van der Waals surface area (Å²) < 4.78 is 16.6. The summed E-state index contributed by atoms with van der Waals surface area (Å²) in [4.78, 5) is 12.3. The molecule has 1 amide bonds. The topological polar surface area (TPSA) is 56.8 Å². The smallest absolute Gasteiger partial charge is 0.260 e. The van der Waals surface area contributed by atoms with Gasteiger partial charge in [-0.2, -0.15) is 0 Å². The number of hydrogen-bond acceptors (Lipinski definition) is 4. The van der Waals surface area contributed by atoms with Crippen molar-refractivity contribution in [2.75, 3.05) is 20.3 Å². The van der Waals surface area contributed by atoms with Gasteiger partial charge in [-0.1, -0.05) is 26.0 Å². The Kier molecular flexibility index (Phi) is 7.53. The maximum absolute atomic E-state index is 12.3. The number of carbonyl (C=O) groups excluding carboxylic acids is 1. The Morgan fingerprint density at radius 1 is 1.04 bits per heavy atom. The van der Waals surface area contributed by atoms with Crippen molar-refractivity contribution in [3.05, 3.63) is 53.6 Å². The molecule has 2 rings (SSSR count). The highest BCUT2D eigenvalue weighted by molar-refractivity contribution is 5.80. The molecule has 0 saturated heterocycles. The van der Waals surface area contributed by atoms with E-state index in [4.69, 9.17) is 14.2 Å². The van der Waals surface area contributed by atoms with E-state index < -0.39 is 6.10 Å². The number of benzene rings is 2. The van der Waals surface area contributed by atoms with E-state index >= 15 is 0 Å². The second-order valence-corrected chi connectivity index (χ2v) is 6.77. The van der Waals surface area contributed by atoms with Crippen molar-refractivity contribution in [1.29, 1.82) is 0 Å². The van der Waals surface area contributed by atoms with Gasteiger partial charge >= 0.3 is 0 Å². The maximum Gasteiger partial charge on any atom is 0.260 e. The third-order valence-corrected chi connectivity index (χ3v) is 4.19. The fourth-order valence-corrected chi connectivity index (χ4v) is 2.62. The van der Waals surface area contributed by atoms with Crippen LogP contribution < -0.4 is 19.5 Å². The molecule has 0 radical (unpaired) electrons. The third kappa shape index (κ3) is 6.20. The van der Waals surface area contributed by atoms with Gasteiger partial charge in [-0.3, -0.25) is 4.79 Å². The van der Waals surface area contributed by atoms with Crippen molar-refractivity contribution in [3.8, 4) is 17.2 Å². The molecule has 1 unspecified atom stereocenters. The Hall–Kier alpha value is -2.69. The summed E-state index contributed by atoms with van der Waals surface area (Å²) in [5, 5.41) is 2.85. The molecule has 0 aliphatic rings. The van der Waals surface area contributed by atoms with E-state index in [0.717, 1.165) is 28.4 Å². The van der Waals surface area contributed by atoms with Gasteiger partial charge in [0.15, 0.2) is 6.10 Å². The Morgan fingerprint density at radius 2 is 1.70 bits per heavy atom. The lowest BCUT2D eigenvalue weighted by Gasteiger charge is -2.19. The molecule has 146 valence electrons. The van der Waals surface area contributed by atoms with Crippen molar-refractivity contribution < 1.29 is 19.0 Å². The van der Waals surface area contributed by atoms with Crippen LogP contribution in [0.4, 0.5) is 0 Å². The largest absolute Gasteiger partial charge is 0.497 e. The van der Waals surface area contributed by atoms with E-state index in [1.165, 1.54) is 0 Å². The van der Waals surface area contributed by atoms with Crippen LogP contribution in [-0.4, -0.2) is 32.3 Å². The summed E-state index contributed by atoms with van der Waals surface area (Å²) in [7, 11) is 1.62. The van der Waals surface area contributed by atoms with Crippen LogP contribution in [0.25, 0.3) is 0 Å². The van der Waals surface area contributed by atoms with Crippen molar-refractivity contribution in [1.82, 2.24) is 5.32 Å². The number of aryl methyl sites for hydroxylation is 1. The van der Waals surface area contributed by atoms with Crippen LogP contribution in [0, 0.1) is 6.92 Å². The Balaban J connectivity index is 1.81. The van der Waals surface area contributed by atoms with Gasteiger partial charge in [0, 0.05) is 0 Å². The zero-order valence-electron chi connectivity index (χ0n) is 16.7. The number of amides is 1. The fourth-order valence-electron chi connectivity index (χ4n) is 2.62. The highest BCUT2D eigenvalue weighted by atomic mass is 16.5. The molecule has 0 heterocycles. The average molecular weight is 371 g/mol. The first-order valence-corrected chi connectivity index (χ1v) is 9.22. The minimum Gasteiger partial charge on any atom is -0.497 e. The standard InChI is InChI=1S/C22H29NO4/c1-15(2)20-11-6-16(3)14-21(20)27-17(4)22(24)23-12-13-26-19-9-7-18(25-5)8-10-19/h6-11,14-15,17H,12-13H2,1-5H3,(H,23,24). The molecule has 0 bridgehead atoms. The van der Waals surface area contributed by atoms with Gasteiger partial charge in [0.05, 0.1) is 13.7 Å². The lowest BCUT2D eigenvalue weighted by atomic mass is 10.0. The average Bonchev–Trinajstić information content (AvgIpc) is 2.65. The number of nitrogens with one attached hydrogen (secondary N) is 1.